The van der Waals surface area contributed by atoms with Crippen molar-refractivity contribution in [1.82, 2.24) is 9.80 Å². The molecule has 1 fully saturated rings. The first-order chi connectivity index (χ1) is 19.7. The van der Waals surface area contributed by atoms with Gasteiger partial charge in [-0.25, -0.2) is 4.79 Å². The van der Waals surface area contributed by atoms with Gasteiger partial charge in [0.05, 0.1) is 16.1 Å². The number of ether oxygens (including phenoxy) is 1. The summed E-state index contributed by atoms with van der Waals surface area (Å²) in [5.41, 5.74) is 5.49. The Balaban J connectivity index is 1.42. The molecule has 0 aromatic heterocycles. The molecule has 2 aromatic rings. The third-order valence-corrected chi connectivity index (χ3v) is 6.66. The molecule has 13 nitrogen and oxygen atoms in total. The standard InChI is InChI=1S/C28H27N5O8/c29-25(34)19-16-22(33(39)40)24(23(17-19)41-15-5-6-18-9-13-31(14-10-18)28(37)38)30-11-3-4-12-32-26(35)20-7-1-2-8-21(20)27(32)36/h1-4,7-8,16-18,30H,9-15H2,(H2,29,34)(H,37,38)/b4-3+. The van der Waals surface area contributed by atoms with E-state index < -0.39 is 34.4 Å². The average molecular weight is 562 g/mol. The molecule has 4 rings (SSSR count). The number of fused-ring (bicyclic) bond motifs is 1. The summed E-state index contributed by atoms with van der Waals surface area (Å²) in [7, 11) is 0. The summed E-state index contributed by atoms with van der Waals surface area (Å²) in [6, 6.07) is 8.86. The van der Waals surface area contributed by atoms with E-state index in [4.69, 9.17) is 15.6 Å². The summed E-state index contributed by atoms with van der Waals surface area (Å²) >= 11 is 0. The number of hydrogen-bond acceptors (Lipinski definition) is 8. The van der Waals surface area contributed by atoms with Crippen LogP contribution in [0.5, 0.6) is 5.75 Å². The fraction of sp³-hybridized carbons (Fsp3) is 0.286. The van der Waals surface area contributed by atoms with Gasteiger partial charge in [-0.2, -0.15) is 0 Å². The molecular formula is C28H27N5O8. The number of carbonyl (C=O) groups is 4. The molecular weight excluding hydrogens is 534 g/mol. The number of benzene rings is 2. The predicted molar refractivity (Wildman–Crippen MR) is 147 cm³/mol. The Morgan fingerprint density at radius 3 is 2.39 bits per heavy atom. The molecule has 41 heavy (non-hydrogen) atoms. The highest BCUT2D eigenvalue weighted by Crippen LogP contribution is 2.36. The van der Waals surface area contributed by atoms with Gasteiger partial charge in [0, 0.05) is 43.7 Å². The lowest BCUT2D eigenvalue weighted by atomic mass is 9.98. The average Bonchev–Trinajstić information content (AvgIpc) is 3.20. The van der Waals surface area contributed by atoms with Gasteiger partial charge >= 0.3 is 6.09 Å². The van der Waals surface area contributed by atoms with Crippen molar-refractivity contribution >= 4 is 35.2 Å². The van der Waals surface area contributed by atoms with Gasteiger partial charge < -0.3 is 25.8 Å². The van der Waals surface area contributed by atoms with Crippen LogP contribution in [0.3, 0.4) is 0 Å². The van der Waals surface area contributed by atoms with E-state index in [1.54, 1.807) is 36.4 Å². The minimum absolute atomic E-state index is 0.00180. The Morgan fingerprint density at radius 2 is 1.80 bits per heavy atom. The van der Waals surface area contributed by atoms with Crippen molar-refractivity contribution in [3.63, 3.8) is 0 Å². The Hall–Kier alpha value is -5.38. The Bertz CT molecular complexity index is 1450. The Kier molecular flexibility index (Phi) is 8.83. The number of nitrogens with zero attached hydrogens (tertiary/aromatic N) is 3. The number of nitrogens with one attached hydrogen (secondary N) is 1. The zero-order chi connectivity index (χ0) is 29.5. The summed E-state index contributed by atoms with van der Waals surface area (Å²) in [6.45, 7) is 0.724. The molecule has 0 aliphatic carbocycles. The van der Waals surface area contributed by atoms with Crippen LogP contribution in [0.4, 0.5) is 16.2 Å². The topological polar surface area (TPSA) is 185 Å². The maximum Gasteiger partial charge on any atom is 0.407 e. The predicted octanol–water partition coefficient (Wildman–Crippen LogP) is 2.73. The highest BCUT2D eigenvalue weighted by atomic mass is 16.6. The summed E-state index contributed by atoms with van der Waals surface area (Å²) in [6.07, 6.45) is 3.39. The lowest BCUT2D eigenvalue weighted by Crippen LogP contribution is -2.37. The van der Waals surface area contributed by atoms with E-state index in [0.29, 0.717) is 37.1 Å². The van der Waals surface area contributed by atoms with Crippen molar-refractivity contribution in [2.75, 3.05) is 38.1 Å². The molecule has 0 saturated carbocycles. The van der Waals surface area contributed by atoms with Crippen LogP contribution >= 0.6 is 0 Å². The van der Waals surface area contributed by atoms with Gasteiger partial charge in [0.25, 0.3) is 17.5 Å². The fourth-order valence-electron chi connectivity index (χ4n) is 4.52. The van der Waals surface area contributed by atoms with E-state index >= 15 is 0 Å². The van der Waals surface area contributed by atoms with Crippen LogP contribution in [0.1, 0.15) is 43.9 Å². The second-order valence-electron chi connectivity index (χ2n) is 9.26. The van der Waals surface area contributed by atoms with Crippen molar-refractivity contribution in [2.45, 2.75) is 12.8 Å². The van der Waals surface area contributed by atoms with Crippen molar-refractivity contribution < 1.29 is 33.9 Å². The van der Waals surface area contributed by atoms with E-state index in [-0.39, 0.29) is 42.6 Å². The highest BCUT2D eigenvalue weighted by molar-refractivity contribution is 6.21. The number of imide groups is 1. The SMILES string of the molecule is NC(=O)c1cc(OCC#CC2CCN(C(=O)O)CC2)c(NC/C=C/CN2C(=O)c3ccccc3C2=O)c([N+](=O)[O-])c1. The molecule has 0 radical (unpaired) electrons. The molecule has 2 aliphatic heterocycles. The number of likely N-dealkylation sites (tertiary alicyclic amines) is 1. The lowest BCUT2D eigenvalue weighted by Gasteiger charge is -2.27. The van der Waals surface area contributed by atoms with E-state index in [9.17, 15) is 29.3 Å². The molecule has 212 valence electrons. The number of carbonyl (C=O) groups excluding carboxylic acids is 3. The normalized spacial score (nSPS) is 14.9. The zero-order valence-corrected chi connectivity index (χ0v) is 21.9. The number of piperidine rings is 1. The van der Waals surface area contributed by atoms with Crippen LogP contribution in [0.15, 0.2) is 48.6 Å². The molecule has 2 aromatic carbocycles. The second kappa shape index (κ2) is 12.6. The van der Waals surface area contributed by atoms with Crippen LogP contribution in [0.2, 0.25) is 0 Å². The Labute approximate surface area is 234 Å². The molecule has 4 amide bonds. The molecule has 2 aliphatic rings. The first kappa shape index (κ1) is 28.6. The van der Waals surface area contributed by atoms with Gasteiger partial charge in [-0.05, 0) is 31.0 Å². The van der Waals surface area contributed by atoms with Gasteiger partial charge in [0.15, 0.2) is 11.4 Å². The first-order valence-corrected chi connectivity index (χ1v) is 12.7. The van der Waals surface area contributed by atoms with Gasteiger partial charge in [0.2, 0.25) is 5.91 Å². The molecule has 0 spiro atoms. The molecule has 0 bridgehead atoms. The summed E-state index contributed by atoms with van der Waals surface area (Å²) in [5.74, 6) is 4.21. The summed E-state index contributed by atoms with van der Waals surface area (Å²) < 4.78 is 5.70. The lowest BCUT2D eigenvalue weighted by molar-refractivity contribution is -0.384. The molecule has 0 atom stereocenters. The van der Waals surface area contributed by atoms with Crippen LogP contribution in [0.25, 0.3) is 0 Å². The zero-order valence-electron chi connectivity index (χ0n) is 21.9. The van der Waals surface area contributed by atoms with E-state index in [0.717, 1.165) is 11.0 Å². The quantitative estimate of drug-likeness (QED) is 0.136. The highest BCUT2D eigenvalue weighted by Gasteiger charge is 2.34. The fourth-order valence-corrected chi connectivity index (χ4v) is 4.52. The number of amides is 4. The first-order valence-electron chi connectivity index (χ1n) is 12.7. The number of nitro groups is 1. The van der Waals surface area contributed by atoms with Crippen LogP contribution in [0, 0.1) is 27.9 Å². The number of carboxylic acid groups (broad SMARTS) is 1. The van der Waals surface area contributed by atoms with Crippen molar-refractivity contribution in [2.24, 2.45) is 11.7 Å². The van der Waals surface area contributed by atoms with Crippen molar-refractivity contribution in [1.29, 1.82) is 0 Å². The molecule has 2 heterocycles. The number of nitrogens with two attached hydrogens (primary N) is 1. The van der Waals surface area contributed by atoms with Crippen LogP contribution in [-0.4, -0.2) is 76.4 Å². The van der Waals surface area contributed by atoms with Gasteiger partial charge in [0.1, 0.15) is 6.61 Å². The maximum absolute atomic E-state index is 12.5. The minimum Gasteiger partial charge on any atom is -0.478 e. The molecule has 0 unspecified atom stereocenters. The molecule has 13 heteroatoms. The van der Waals surface area contributed by atoms with Crippen LogP contribution in [-0.2, 0) is 0 Å². The van der Waals surface area contributed by atoms with Gasteiger partial charge in [-0.1, -0.05) is 36.1 Å². The third-order valence-electron chi connectivity index (χ3n) is 6.66. The van der Waals surface area contributed by atoms with Gasteiger partial charge in [-0.15, -0.1) is 0 Å². The minimum atomic E-state index is -0.964. The van der Waals surface area contributed by atoms with Crippen molar-refractivity contribution in [3.05, 3.63) is 75.4 Å². The largest absolute Gasteiger partial charge is 0.478 e. The number of hydrogen-bond donors (Lipinski definition) is 3. The van der Waals surface area contributed by atoms with Crippen molar-refractivity contribution in [3.8, 4) is 17.6 Å². The number of anilines is 1. The third kappa shape index (κ3) is 6.62. The number of nitro benzene ring substituents is 1. The number of primary amides is 1. The second-order valence-corrected chi connectivity index (χ2v) is 9.26. The smallest absolute Gasteiger partial charge is 0.407 e. The summed E-state index contributed by atoms with van der Waals surface area (Å²) in [5, 5.41) is 23.7. The van der Waals surface area contributed by atoms with Gasteiger partial charge in [-0.3, -0.25) is 29.4 Å². The maximum atomic E-state index is 12.5. The number of rotatable bonds is 9. The molecule has 1 saturated heterocycles. The van der Waals surface area contributed by atoms with E-state index in [1.807, 2.05) is 0 Å². The molecule has 4 N–H and O–H groups in total. The van der Waals surface area contributed by atoms with E-state index in [2.05, 4.69) is 17.2 Å². The monoisotopic (exact) mass is 561 g/mol. The summed E-state index contributed by atoms with van der Waals surface area (Å²) in [4.78, 5) is 61.4. The Morgan fingerprint density at radius 1 is 1.15 bits per heavy atom. The van der Waals surface area contributed by atoms with E-state index in [1.165, 1.54) is 11.0 Å². The van der Waals surface area contributed by atoms with Crippen LogP contribution < -0.4 is 15.8 Å².